The summed E-state index contributed by atoms with van der Waals surface area (Å²) in [6.07, 6.45) is 6.69. The molecule has 0 bridgehead atoms. The minimum atomic E-state index is 0.600. The van der Waals surface area contributed by atoms with Gasteiger partial charge in [0, 0.05) is 18.2 Å². The van der Waals surface area contributed by atoms with Gasteiger partial charge in [-0.2, -0.15) is 5.10 Å². The number of rotatable bonds is 4. The predicted octanol–water partition coefficient (Wildman–Crippen LogP) is 3.36. The van der Waals surface area contributed by atoms with Crippen LogP contribution in [0.25, 0.3) is 5.69 Å². The number of nitrogens with zero attached hydrogens (tertiary/aromatic N) is 2. The third-order valence-electron chi connectivity index (χ3n) is 4.12. The maximum absolute atomic E-state index is 4.53. The first-order valence-electron chi connectivity index (χ1n) is 7.57. The molecule has 0 aliphatic carbocycles. The minimum Gasteiger partial charge on any atom is -0.313 e. The van der Waals surface area contributed by atoms with Gasteiger partial charge >= 0.3 is 0 Å². The third-order valence-corrected chi connectivity index (χ3v) is 4.12. The molecular weight excluding hydrogens is 246 g/mol. The van der Waals surface area contributed by atoms with Crippen molar-refractivity contribution in [2.75, 3.05) is 6.54 Å². The Morgan fingerprint density at radius 3 is 2.85 bits per heavy atom. The van der Waals surface area contributed by atoms with E-state index >= 15 is 0 Å². The number of aromatic nitrogens is 2. The molecule has 2 aromatic rings. The first-order chi connectivity index (χ1) is 9.74. The summed E-state index contributed by atoms with van der Waals surface area (Å²) in [6, 6.07) is 10.9. The van der Waals surface area contributed by atoms with E-state index < -0.39 is 0 Å². The van der Waals surface area contributed by atoms with E-state index in [-0.39, 0.29) is 0 Å². The van der Waals surface area contributed by atoms with Gasteiger partial charge in [-0.05, 0) is 43.0 Å². The van der Waals surface area contributed by atoms with Crippen LogP contribution in [0, 0.1) is 5.92 Å². The summed E-state index contributed by atoms with van der Waals surface area (Å²) < 4.78 is 1.99. The molecule has 0 saturated carbocycles. The molecule has 0 radical (unpaired) electrons. The van der Waals surface area contributed by atoms with Gasteiger partial charge in [0.2, 0.25) is 0 Å². The Morgan fingerprint density at radius 2 is 2.10 bits per heavy atom. The lowest BCUT2D eigenvalue weighted by Crippen LogP contribution is -2.27. The molecule has 1 aliphatic rings. The van der Waals surface area contributed by atoms with E-state index in [4.69, 9.17) is 0 Å². The van der Waals surface area contributed by atoms with E-state index in [0.717, 1.165) is 18.2 Å². The van der Waals surface area contributed by atoms with Crippen molar-refractivity contribution in [2.45, 2.75) is 38.6 Å². The van der Waals surface area contributed by atoms with Crippen LogP contribution in [0.2, 0.25) is 0 Å². The molecule has 2 heterocycles. The van der Waals surface area contributed by atoms with Crippen molar-refractivity contribution < 1.29 is 0 Å². The van der Waals surface area contributed by atoms with Crippen LogP contribution >= 0.6 is 0 Å². The van der Waals surface area contributed by atoms with Crippen molar-refractivity contribution >= 4 is 0 Å². The highest BCUT2D eigenvalue weighted by atomic mass is 15.3. The van der Waals surface area contributed by atoms with E-state index in [9.17, 15) is 0 Å². The van der Waals surface area contributed by atoms with E-state index in [1.54, 1.807) is 0 Å². The Kier molecular flexibility index (Phi) is 3.88. The lowest BCUT2D eigenvalue weighted by molar-refractivity contribution is 0.434. The van der Waals surface area contributed by atoms with Gasteiger partial charge in [-0.25, -0.2) is 4.68 Å². The van der Waals surface area contributed by atoms with Gasteiger partial charge in [0.15, 0.2) is 0 Å². The molecule has 3 rings (SSSR count). The highest BCUT2D eigenvalue weighted by Crippen LogP contribution is 2.31. The van der Waals surface area contributed by atoms with Gasteiger partial charge in [-0.15, -0.1) is 0 Å². The number of para-hydroxylation sites is 1. The maximum atomic E-state index is 4.53. The largest absolute Gasteiger partial charge is 0.313 e. The Hall–Kier alpha value is -1.61. The summed E-state index contributed by atoms with van der Waals surface area (Å²) >= 11 is 0. The normalized spacial score (nSPS) is 22.6. The van der Waals surface area contributed by atoms with Crippen molar-refractivity contribution in [3.05, 3.63) is 48.3 Å². The van der Waals surface area contributed by atoms with Crippen molar-refractivity contribution in [3.8, 4) is 5.69 Å². The summed E-state index contributed by atoms with van der Waals surface area (Å²) in [5.41, 5.74) is 2.50. The van der Waals surface area contributed by atoms with E-state index in [1.807, 2.05) is 16.9 Å². The van der Waals surface area contributed by atoms with E-state index in [1.165, 1.54) is 18.4 Å². The van der Waals surface area contributed by atoms with Crippen LogP contribution in [-0.4, -0.2) is 22.4 Å². The lowest BCUT2D eigenvalue weighted by Gasteiger charge is -2.20. The summed E-state index contributed by atoms with van der Waals surface area (Å²) in [5, 5.41) is 8.18. The molecule has 1 saturated heterocycles. The molecule has 2 unspecified atom stereocenters. The zero-order valence-corrected chi connectivity index (χ0v) is 12.3. The van der Waals surface area contributed by atoms with Crippen LogP contribution < -0.4 is 5.32 Å². The van der Waals surface area contributed by atoms with Gasteiger partial charge in [0.1, 0.15) is 0 Å². The quantitative estimate of drug-likeness (QED) is 0.922. The first kappa shape index (κ1) is 13.4. The Balaban J connectivity index is 1.79. The van der Waals surface area contributed by atoms with E-state index in [2.05, 4.69) is 54.7 Å². The Labute approximate surface area is 121 Å². The summed E-state index contributed by atoms with van der Waals surface area (Å²) in [5.74, 6) is 1.34. The topological polar surface area (TPSA) is 29.9 Å². The minimum absolute atomic E-state index is 0.600. The van der Waals surface area contributed by atoms with Crippen LogP contribution in [-0.2, 0) is 0 Å². The number of hydrogen-bond donors (Lipinski definition) is 1. The highest BCUT2D eigenvalue weighted by Gasteiger charge is 2.29. The smallest absolute Gasteiger partial charge is 0.0645 e. The standard InChI is InChI=1S/C17H23N3/c1-13(2)10-17-16(8-9-18-17)14-11-19-20(12-14)15-6-4-3-5-7-15/h3-7,11-13,16-18H,8-10H2,1-2H3. The van der Waals surface area contributed by atoms with Gasteiger partial charge in [-0.3, -0.25) is 0 Å². The number of nitrogens with one attached hydrogen (secondary N) is 1. The molecular formula is C17H23N3. The molecule has 3 heteroatoms. The Morgan fingerprint density at radius 1 is 1.30 bits per heavy atom. The number of hydrogen-bond acceptors (Lipinski definition) is 2. The Bertz CT molecular complexity index is 544. The van der Waals surface area contributed by atoms with Gasteiger partial charge < -0.3 is 5.32 Å². The first-order valence-corrected chi connectivity index (χ1v) is 7.57. The van der Waals surface area contributed by atoms with Crippen molar-refractivity contribution in [2.24, 2.45) is 5.92 Å². The van der Waals surface area contributed by atoms with E-state index in [0.29, 0.717) is 12.0 Å². The fourth-order valence-corrected chi connectivity index (χ4v) is 3.17. The molecule has 0 spiro atoms. The molecule has 3 nitrogen and oxygen atoms in total. The second-order valence-corrected chi connectivity index (χ2v) is 6.14. The second-order valence-electron chi connectivity index (χ2n) is 6.14. The summed E-state index contributed by atoms with van der Waals surface area (Å²) in [4.78, 5) is 0. The zero-order valence-electron chi connectivity index (χ0n) is 12.3. The van der Waals surface area contributed by atoms with Crippen molar-refractivity contribution in [1.82, 2.24) is 15.1 Å². The molecule has 1 aliphatic heterocycles. The van der Waals surface area contributed by atoms with Crippen LogP contribution in [0.3, 0.4) is 0 Å². The van der Waals surface area contributed by atoms with Crippen LogP contribution in [0.15, 0.2) is 42.7 Å². The molecule has 1 N–H and O–H groups in total. The maximum Gasteiger partial charge on any atom is 0.0645 e. The third kappa shape index (κ3) is 2.78. The zero-order chi connectivity index (χ0) is 13.9. The summed E-state index contributed by atoms with van der Waals surface area (Å²) in [7, 11) is 0. The van der Waals surface area contributed by atoms with Crippen molar-refractivity contribution in [3.63, 3.8) is 0 Å². The van der Waals surface area contributed by atoms with Crippen molar-refractivity contribution in [1.29, 1.82) is 0 Å². The molecule has 1 aromatic heterocycles. The van der Waals surface area contributed by atoms with Crippen LogP contribution in [0.5, 0.6) is 0 Å². The molecule has 1 fully saturated rings. The van der Waals surface area contributed by atoms with Crippen LogP contribution in [0.4, 0.5) is 0 Å². The second kappa shape index (κ2) is 5.80. The molecule has 106 valence electrons. The molecule has 0 amide bonds. The predicted molar refractivity (Wildman–Crippen MR) is 82.2 cm³/mol. The average molecular weight is 269 g/mol. The SMILES string of the molecule is CC(C)CC1NCCC1c1cnn(-c2ccccc2)c1. The molecule has 2 atom stereocenters. The van der Waals surface area contributed by atoms with Crippen LogP contribution in [0.1, 0.15) is 38.2 Å². The summed E-state index contributed by atoms with van der Waals surface area (Å²) in [6.45, 7) is 5.72. The lowest BCUT2D eigenvalue weighted by atomic mass is 9.89. The molecule has 20 heavy (non-hydrogen) atoms. The fraction of sp³-hybridized carbons (Fsp3) is 0.471. The average Bonchev–Trinajstić information content (AvgIpc) is 3.07. The fourth-order valence-electron chi connectivity index (χ4n) is 3.17. The van der Waals surface area contributed by atoms with Gasteiger partial charge in [0.05, 0.1) is 11.9 Å². The van der Waals surface area contributed by atoms with Gasteiger partial charge in [0.25, 0.3) is 0 Å². The van der Waals surface area contributed by atoms with Gasteiger partial charge in [-0.1, -0.05) is 32.0 Å². The molecule has 1 aromatic carbocycles. The highest BCUT2D eigenvalue weighted by molar-refractivity contribution is 5.32. The monoisotopic (exact) mass is 269 g/mol. The number of benzene rings is 1.